The van der Waals surface area contributed by atoms with Gasteiger partial charge in [0.15, 0.2) is 0 Å². The van der Waals surface area contributed by atoms with Gasteiger partial charge in [0.25, 0.3) is 5.69 Å². The molecule has 0 atom stereocenters. The lowest BCUT2D eigenvalue weighted by Crippen LogP contribution is -2.44. The maximum absolute atomic E-state index is 12.8. The number of benzene rings is 2. The second kappa shape index (κ2) is 8.30. The zero-order valence-corrected chi connectivity index (χ0v) is 13.8. The molecule has 27 heavy (non-hydrogen) atoms. The van der Waals surface area contributed by atoms with Gasteiger partial charge in [-0.05, 0) is 17.7 Å². The van der Waals surface area contributed by atoms with Crippen LogP contribution in [0.25, 0.3) is 0 Å². The maximum Gasteiger partial charge on any atom is 0.471 e. The van der Waals surface area contributed by atoms with Crippen molar-refractivity contribution in [3.05, 3.63) is 70.3 Å². The first-order chi connectivity index (χ1) is 12.7. The summed E-state index contributed by atoms with van der Waals surface area (Å²) in [6.45, 7) is -1.23. The highest BCUT2D eigenvalue weighted by Crippen LogP contribution is 2.20. The zero-order chi connectivity index (χ0) is 20.0. The first kappa shape index (κ1) is 19.9. The van der Waals surface area contributed by atoms with Crippen LogP contribution in [0.3, 0.4) is 0 Å². The van der Waals surface area contributed by atoms with Crippen molar-refractivity contribution in [1.82, 2.24) is 4.90 Å². The summed E-state index contributed by atoms with van der Waals surface area (Å²) in [5, 5.41) is 12.9. The molecule has 0 saturated heterocycles. The average Bonchev–Trinajstić information content (AvgIpc) is 2.61. The van der Waals surface area contributed by atoms with Crippen molar-refractivity contribution in [3.8, 4) is 0 Å². The minimum absolute atomic E-state index is 0.157. The van der Waals surface area contributed by atoms with Crippen LogP contribution < -0.4 is 5.32 Å². The topological polar surface area (TPSA) is 92.6 Å². The minimum Gasteiger partial charge on any atom is -0.325 e. The lowest BCUT2D eigenvalue weighted by molar-refractivity contribution is -0.384. The fraction of sp³-hybridized carbons (Fsp3) is 0.176. The number of carbonyl (C=O) groups excluding carboxylic acids is 2. The number of alkyl halides is 3. The number of non-ortho nitro benzene ring substituents is 1. The molecular formula is C17H14F3N3O4. The Kier molecular flexibility index (Phi) is 6.11. The molecule has 0 heterocycles. The van der Waals surface area contributed by atoms with Gasteiger partial charge in [-0.2, -0.15) is 13.2 Å². The molecule has 0 radical (unpaired) electrons. The quantitative estimate of drug-likeness (QED) is 0.615. The van der Waals surface area contributed by atoms with Crippen LogP contribution in [0.15, 0.2) is 54.6 Å². The Hall–Kier alpha value is -3.43. The largest absolute Gasteiger partial charge is 0.471 e. The molecule has 0 aromatic heterocycles. The molecule has 2 aromatic rings. The summed E-state index contributed by atoms with van der Waals surface area (Å²) in [6.07, 6.45) is -5.12. The van der Waals surface area contributed by atoms with Gasteiger partial charge in [-0.25, -0.2) is 0 Å². The molecule has 0 spiro atoms. The first-order valence-corrected chi connectivity index (χ1v) is 7.61. The molecule has 142 valence electrons. The standard InChI is InChI=1S/C17H14F3N3O4/c18-17(19,20)16(25)22(10-12-4-2-1-3-5-12)11-15(24)21-13-6-8-14(9-7-13)23(26)27/h1-9H,10-11H2,(H,21,24). The van der Waals surface area contributed by atoms with E-state index in [0.29, 0.717) is 10.5 Å². The van der Waals surface area contributed by atoms with Gasteiger partial charge in [-0.15, -0.1) is 0 Å². The van der Waals surface area contributed by atoms with E-state index in [2.05, 4.69) is 5.32 Å². The summed E-state index contributed by atoms with van der Waals surface area (Å²) < 4.78 is 38.4. The van der Waals surface area contributed by atoms with Crippen molar-refractivity contribution < 1.29 is 27.7 Å². The molecule has 7 nitrogen and oxygen atoms in total. The van der Waals surface area contributed by atoms with Crippen LogP contribution in [0, 0.1) is 10.1 Å². The zero-order valence-electron chi connectivity index (χ0n) is 13.8. The van der Waals surface area contributed by atoms with Crippen LogP contribution in [0.5, 0.6) is 0 Å². The molecule has 0 aliphatic rings. The van der Waals surface area contributed by atoms with Gasteiger partial charge in [0.2, 0.25) is 5.91 Å². The number of anilines is 1. The average molecular weight is 381 g/mol. The van der Waals surface area contributed by atoms with E-state index < -0.39 is 36.0 Å². The number of halogens is 3. The number of nitro benzene ring substituents is 1. The third kappa shape index (κ3) is 5.80. The number of rotatable bonds is 6. The van der Waals surface area contributed by atoms with E-state index in [9.17, 15) is 32.9 Å². The summed E-state index contributed by atoms with van der Waals surface area (Å²) in [4.78, 5) is 34.0. The van der Waals surface area contributed by atoms with Crippen molar-refractivity contribution in [2.75, 3.05) is 11.9 Å². The van der Waals surface area contributed by atoms with Crippen molar-refractivity contribution in [2.24, 2.45) is 0 Å². The van der Waals surface area contributed by atoms with Crippen LogP contribution in [0.2, 0.25) is 0 Å². The van der Waals surface area contributed by atoms with Gasteiger partial charge in [-0.3, -0.25) is 19.7 Å². The molecule has 2 aromatic carbocycles. The Morgan fingerprint density at radius 1 is 1.04 bits per heavy atom. The van der Waals surface area contributed by atoms with Crippen LogP contribution in [-0.4, -0.2) is 34.4 Å². The summed E-state index contributed by atoms with van der Waals surface area (Å²) >= 11 is 0. The van der Waals surface area contributed by atoms with Crippen LogP contribution in [0.4, 0.5) is 24.5 Å². The monoisotopic (exact) mass is 381 g/mol. The second-order valence-electron chi connectivity index (χ2n) is 5.50. The number of carbonyl (C=O) groups is 2. The molecule has 1 N–H and O–H groups in total. The summed E-state index contributed by atoms with van der Waals surface area (Å²) in [7, 11) is 0. The molecule has 0 aliphatic carbocycles. The molecule has 2 amide bonds. The van der Waals surface area contributed by atoms with Crippen molar-refractivity contribution in [2.45, 2.75) is 12.7 Å². The fourth-order valence-electron chi connectivity index (χ4n) is 2.22. The predicted octanol–water partition coefficient (Wildman–Crippen LogP) is 3.12. The molecule has 0 fully saturated rings. The van der Waals surface area contributed by atoms with Crippen LogP contribution in [0.1, 0.15) is 5.56 Å². The number of hydrogen-bond donors (Lipinski definition) is 1. The number of amides is 2. The second-order valence-corrected chi connectivity index (χ2v) is 5.50. The molecule has 10 heteroatoms. The molecule has 2 rings (SSSR count). The smallest absolute Gasteiger partial charge is 0.325 e. The number of nitro groups is 1. The van der Waals surface area contributed by atoms with Gasteiger partial charge >= 0.3 is 12.1 Å². The molecule has 0 unspecified atom stereocenters. The van der Waals surface area contributed by atoms with Gasteiger partial charge in [0.05, 0.1) is 4.92 Å². The Balaban J connectivity index is 2.10. The SMILES string of the molecule is O=C(CN(Cc1ccccc1)C(=O)C(F)(F)F)Nc1ccc([N+](=O)[O-])cc1. The van der Waals surface area contributed by atoms with Crippen LogP contribution >= 0.6 is 0 Å². The van der Waals surface area contributed by atoms with Gasteiger partial charge < -0.3 is 10.2 Å². The number of hydrogen-bond acceptors (Lipinski definition) is 4. The third-order valence-corrected chi connectivity index (χ3v) is 3.44. The highest BCUT2D eigenvalue weighted by atomic mass is 19.4. The van der Waals surface area contributed by atoms with E-state index in [1.807, 2.05) is 0 Å². The van der Waals surface area contributed by atoms with Gasteiger partial charge in [-0.1, -0.05) is 30.3 Å². The van der Waals surface area contributed by atoms with E-state index in [1.54, 1.807) is 18.2 Å². The Labute approximate surface area is 151 Å². The lowest BCUT2D eigenvalue weighted by atomic mass is 10.2. The molecule has 0 bridgehead atoms. The van der Waals surface area contributed by atoms with E-state index in [1.165, 1.54) is 24.3 Å². The lowest BCUT2D eigenvalue weighted by Gasteiger charge is -2.23. The summed E-state index contributed by atoms with van der Waals surface area (Å²) in [5.74, 6) is -3.00. The van der Waals surface area contributed by atoms with E-state index in [-0.39, 0.29) is 11.4 Å². The van der Waals surface area contributed by atoms with Gasteiger partial charge in [0.1, 0.15) is 6.54 Å². The highest BCUT2D eigenvalue weighted by Gasteiger charge is 2.43. The summed E-state index contributed by atoms with van der Waals surface area (Å²) in [6, 6.07) is 12.7. The molecular weight excluding hydrogens is 367 g/mol. The highest BCUT2D eigenvalue weighted by molar-refractivity contribution is 5.95. The summed E-state index contributed by atoms with van der Waals surface area (Å²) in [5.41, 5.74) is 0.383. The maximum atomic E-state index is 12.8. The fourth-order valence-corrected chi connectivity index (χ4v) is 2.22. The minimum atomic E-state index is -5.12. The molecule has 0 saturated carbocycles. The third-order valence-electron chi connectivity index (χ3n) is 3.44. The Bertz CT molecular complexity index is 824. The van der Waals surface area contributed by atoms with Crippen molar-refractivity contribution in [3.63, 3.8) is 0 Å². The molecule has 0 aliphatic heterocycles. The van der Waals surface area contributed by atoms with Crippen molar-refractivity contribution >= 4 is 23.2 Å². The Morgan fingerprint density at radius 2 is 1.63 bits per heavy atom. The first-order valence-electron chi connectivity index (χ1n) is 7.61. The number of nitrogens with zero attached hydrogens (tertiary/aromatic N) is 2. The van der Waals surface area contributed by atoms with Crippen molar-refractivity contribution in [1.29, 1.82) is 0 Å². The predicted molar refractivity (Wildman–Crippen MR) is 89.6 cm³/mol. The van der Waals surface area contributed by atoms with E-state index in [0.717, 1.165) is 12.1 Å². The number of nitrogens with one attached hydrogen (secondary N) is 1. The van der Waals surface area contributed by atoms with E-state index >= 15 is 0 Å². The normalized spacial score (nSPS) is 10.9. The van der Waals surface area contributed by atoms with E-state index in [4.69, 9.17) is 0 Å². The Morgan fingerprint density at radius 3 is 2.15 bits per heavy atom. The van der Waals surface area contributed by atoms with Gasteiger partial charge in [0, 0.05) is 24.4 Å². The van der Waals surface area contributed by atoms with Crippen LogP contribution in [-0.2, 0) is 16.1 Å².